The summed E-state index contributed by atoms with van der Waals surface area (Å²) in [6, 6.07) is 13.0. The van der Waals surface area contributed by atoms with Crippen molar-refractivity contribution in [2.75, 3.05) is 25.6 Å². The number of fused-ring (bicyclic) bond motifs is 1. The van der Waals surface area contributed by atoms with E-state index >= 15 is 0 Å². The predicted molar refractivity (Wildman–Crippen MR) is 119 cm³/mol. The highest BCUT2D eigenvalue weighted by Gasteiger charge is 2.19. The molecule has 0 spiro atoms. The summed E-state index contributed by atoms with van der Waals surface area (Å²) in [6.07, 6.45) is 3.53. The third-order valence-electron chi connectivity index (χ3n) is 5.46. The molecule has 0 radical (unpaired) electrons. The van der Waals surface area contributed by atoms with Gasteiger partial charge in [0.15, 0.2) is 11.3 Å². The van der Waals surface area contributed by atoms with E-state index in [1.807, 2.05) is 31.2 Å². The van der Waals surface area contributed by atoms with Crippen molar-refractivity contribution in [3.05, 3.63) is 64.0 Å². The monoisotopic (exact) mass is 422 g/mol. The zero-order valence-corrected chi connectivity index (χ0v) is 17.7. The summed E-state index contributed by atoms with van der Waals surface area (Å²) in [5, 5.41) is 6.86. The lowest BCUT2D eigenvalue weighted by atomic mass is 9.97. The smallest absolute Gasteiger partial charge is 0.349 e. The minimum atomic E-state index is -0.734. The molecule has 7 heteroatoms. The highest BCUT2D eigenvalue weighted by Crippen LogP contribution is 2.35. The molecule has 2 heterocycles. The molecule has 7 nitrogen and oxygen atoms in total. The first-order chi connectivity index (χ1) is 15.1. The normalized spacial score (nSPS) is 16.1. The molecular weight excluding hydrogens is 396 g/mol. The predicted octanol–water partition coefficient (Wildman–Crippen LogP) is 4.27. The van der Waals surface area contributed by atoms with Gasteiger partial charge in [-0.1, -0.05) is 18.6 Å². The van der Waals surface area contributed by atoms with E-state index in [9.17, 15) is 9.59 Å². The minimum Gasteiger partial charge on any atom is -0.493 e. The Labute approximate surface area is 180 Å². The number of amides is 1. The Morgan fingerprint density at radius 1 is 1.19 bits per heavy atom. The summed E-state index contributed by atoms with van der Waals surface area (Å²) >= 11 is 0. The van der Waals surface area contributed by atoms with Crippen molar-refractivity contribution < 1.29 is 18.7 Å². The van der Waals surface area contributed by atoms with Gasteiger partial charge in [0.05, 0.1) is 13.7 Å². The molecule has 2 N–H and O–H groups in total. The van der Waals surface area contributed by atoms with Crippen LogP contribution in [0.3, 0.4) is 0 Å². The molecule has 1 aromatic heterocycles. The Hall–Kier alpha value is -3.32. The lowest BCUT2D eigenvalue weighted by molar-refractivity contribution is 0.102. The van der Waals surface area contributed by atoms with E-state index in [-0.39, 0.29) is 11.1 Å². The Morgan fingerprint density at radius 2 is 2.00 bits per heavy atom. The van der Waals surface area contributed by atoms with Gasteiger partial charge in [0.1, 0.15) is 5.56 Å². The van der Waals surface area contributed by atoms with E-state index in [1.165, 1.54) is 31.6 Å². The number of hydrogen-bond acceptors (Lipinski definition) is 6. The van der Waals surface area contributed by atoms with Crippen molar-refractivity contribution in [3.8, 4) is 11.5 Å². The fourth-order valence-corrected chi connectivity index (χ4v) is 3.87. The number of hydrogen-bond donors (Lipinski definition) is 2. The molecule has 1 aliphatic rings. The van der Waals surface area contributed by atoms with Gasteiger partial charge >= 0.3 is 5.63 Å². The van der Waals surface area contributed by atoms with Crippen LogP contribution in [0.15, 0.2) is 51.7 Å². The van der Waals surface area contributed by atoms with E-state index in [0.29, 0.717) is 35.2 Å². The second-order valence-corrected chi connectivity index (χ2v) is 7.47. The van der Waals surface area contributed by atoms with Gasteiger partial charge in [-0.2, -0.15) is 0 Å². The van der Waals surface area contributed by atoms with Gasteiger partial charge in [-0.25, -0.2) is 4.79 Å². The van der Waals surface area contributed by atoms with Crippen molar-refractivity contribution in [3.63, 3.8) is 0 Å². The van der Waals surface area contributed by atoms with E-state index in [1.54, 1.807) is 12.1 Å². The molecular formula is C24H26N2O5. The maximum atomic E-state index is 12.8. The van der Waals surface area contributed by atoms with Crippen LogP contribution in [-0.2, 0) is 0 Å². The average molecular weight is 422 g/mol. The number of ether oxygens (including phenoxy) is 2. The molecule has 3 aromatic rings. The summed E-state index contributed by atoms with van der Waals surface area (Å²) in [5.41, 5.74) is 1.27. The number of nitrogens with one attached hydrogen (secondary N) is 2. The minimum absolute atomic E-state index is 0.0712. The topological polar surface area (TPSA) is 89.8 Å². The van der Waals surface area contributed by atoms with E-state index in [4.69, 9.17) is 13.9 Å². The van der Waals surface area contributed by atoms with Gasteiger partial charge in [0.2, 0.25) is 5.75 Å². The first-order valence-electron chi connectivity index (χ1n) is 10.5. The van der Waals surface area contributed by atoms with Gasteiger partial charge in [-0.3, -0.25) is 4.79 Å². The molecule has 0 saturated carbocycles. The fourth-order valence-electron chi connectivity index (χ4n) is 3.87. The van der Waals surface area contributed by atoms with Crippen LogP contribution < -0.4 is 25.7 Å². The number of benzene rings is 2. The molecule has 162 valence electrons. The molecule has 1 saturated heterocycles. The molecule has 1 atom stereocenters. The SMILES string of the molecule is CCOc1c(OC)ccc2cc(C(=O)Nc3ccc([C@@H]4CCCCN4)cc3)c(=O)oc12. The number of carbonyl (C=O) groups excluding carboxylic acids is 1. The fraction of sp³-hybridized carbons (Fsp3) is 0.333. The average Bonchev–Trinajstić information content (AvgIpc) is 2.80. The summed E-state index contributed by atoms with van der Waals surface area (Å²) in [4.78, 5) is 25.3. The van der Waals surface area contributed by atoms with E-state index in [0.717, 1.165) is 13.0 Å². The highest BCUT2D eigenvalue weighted by molar-refractivity contribution is 6.05. The van der Waals surface area contributed by atoms with Crippen LogP contribution in [0.1, 0.15) is 48.1 Å². The van der Waals surface area contributed by atoms with Gasteiger partial charge in [-0.15, -0.1) is 0 Å². The van der Waals surface area contributed by atoms with Gasteiger partial charge in [0.25, 0.3) is 5.91 Å². The Bertz CT molecular complexity index is 1130. The Kier molecular flexibility index (Phi) is 6.23. The molecule has 0 unspecified atom stereocenters. The lowest BCUT2D eigenvalue weighted by Gasteiger charge is -2.24. The standard InChI is InChI=1S/C24H26N2O5/c1-3-30-22-20(29-2)12-9-16-14-18(24(28)31-21(16)22)23(27)26-17-10-7-15(8-11-17)19-6-4-5-13-25-19/h7-12,14,19,25H,3-6,13H2,1-2H3,(H,26,27)/t19-/m0/s1. The first kappa shape index (κ1) is 20.9. The largest absolute Gasteiger partial charge is 0.493 e. The van der Waals surface area contributed by atoms with Crippen LogP contribution in [0.2, 0.25) is 0 Å². The number of methoxy groups -OCH3 is 1. The van der Waals surface area contributed by atoms with Crippen LogP contribution in [0.4, 0.5) is 5.69 Å². The molecule has 4 rings (SSSR count). The van der Waals surface area contributed by atoms with Crippen LogP contribution in [-0.4, -0.2) is 26.2 Å². The van der Waals surface area contributed by atoms with Crippen LogP contribution in [0, 0.1) is 0 Å². The van der Waals surface area contributed by atoms with Crippen LogP contribution >= 0.6 is 0 Å². The highest BCUT2D eigenvalue weighted by atomic mass is 16.5. The maximum Gasteiger partial charge on any atom is 0.349 e. The summed E-state index contributed by atoms with van der Waals surface area (Å²) in [5.74, 6) is 0.286. The van der Waals surface area contributed by atoms with Crippen molar-refractivity contribution in [2.45, 2.75) is 32.2 Å². The first-order valence-corrected chi connectivity index (χ1v) is 10.5. The number of piperidine rings is 1. The number of anilines is 1. The molecule has 2 aromatic carbocycles. The lowest BCUT2D eigenvalue weighted by Crippen LogP contribution is -2.26. The zero-order chi connectivity index (χ0) is 21.8. The third kappa shape index (κ3) is 4.41. The van der Waals surface area contributed by atoms with E-state index in [2.05, 4.69) is 10.6 Å². The van der Waals surface area contributed by atoms with E-state index < -0.39 is 11.5 Å². The van der Waals surface area contributed by atoms with Crippen molar-refractivity contribution >= 4 is 22.6 Å². The number of rotatable bonds is 6. The molecule has 0 aliphatic carbocycles. The summed E-state index contributed by atoms with van der Waals surface area (Å²) < 4.78 is 16.3. The van der Waals surface area contributed by atoms with Crippen LogP contribution in [0.5, 0.6) is 11.5 Å². The molecule has 1 amide bonds. The summed E-state index contributed by atoms with van der Waals surface area (Å²) in [7, 11) is 1.51. The Balaban J connectivity index is 1.57. The van der Waals surface area contributed by atoms with Gasteiger partial charge in [-0.05, 0) is 62.2 Å². The van der Waals surface area contributed by atoms with Crippen molar-refractivity contribution in [1.82, 2.24) is 5.32 Å². The third-order valence-corrected chi connectivity index (χ3v) is 5.46. The second kappa shape index (κ2) is 9.22. The number of carbonyl (C=O) groups is 1. The zero-order valence-electron chi connectivity index (χ0n) is 17.7. The molecule has 0 bridgehead atoms. The molecule has 31 heavy (non-hydrogen) atoms. The van der Waals surface area contributed by atoms with Gasteiger partial charge < -0.3 is 24.5 Å². The second-order valence-electron chi connectivity index (χ2n) is 7.47. The van der Waals surface area contributed by atoms with Crippen molar-refractivity contribution in [2.24, 2.45) is 0 Å². The van der Waals surface area contributed by atoms with Gasteiger partial charge in [0, 0.05) is 17.1 Å². The summed E-state index contributed by atoms with van der Waals surface area (Å²) in [6.45, 7) is 3.24. The van der Waals surface area contributed by atoms with Crippen molar-refractivity contribution in [1.29, 1.82) is 0 Å². The van der Waals surface area contributed by atoms with Crippen LogP contribution in [0.25, 0.3) is 11.0 Å². The Morgan fingerprint density at radius 3 is 2.68 bits per heavy atom. The quantitative estimate of drug-likeness (QED) is 0.577. The molecule has 1 aliphatic heterocycles. The maximum absolute atomic E-state index is 12.8. The molecule has 1 fully saturated rings.